The van der Waals surface area contributed by atoms with Crippen LogP contribution in [0.4, 0.5) is 0 Å². The highest BCUT2D eigenvalue weighted by Gasteiger charge is 2.47. The topological polar surface area (TPSA) is 58.2 Å². The van der Waals surface area contributed by atoms with Crippen LogP contribution < -0.4 is 10.6 Å². The van der Waals surface area contributed by atoms with Gasteiger partial charge in [0.25, 0.3) is 0 Å². The molecule has 2 aliphatic heterocycles. The Bertz CT molecular complexity index is 661. The summed E-state index contributed by atoms with van der Waals surface area (Å²) in [5, 5.41) is 8.66. The molecule has 2 heterocycles. The molecule has 0 radical (unpaired) electrons. The fraction of sp³-hybridized carbons (Fsp3) is 0.474. The molecule has 126 valence electrons. The second-order valence-electron chi connectivity index (χ2n) is 6.95. The van der Waals surface area contributed by atoms with Gasteiger partial charge in [0, 0.05) is 23.8 Å². The third-order valence-electron chi connectivity index (χ3n) is 5.51. The maximum atomic E-state index is 12.5. The highest BCUT2D eigenvalue weighted by Crippen LogP contribution is 2.45. The summed E-state index contributed by atoms with van der Waals surface area (Å²) >= 11 is 1.79. The monoisotopic (exact) mass is 342 g/mol. The van der Waals surface area contributed by atoms with Crippen molar-refractivity contribution in [1.82, 2.24) is 10.6 Å². The third kappa shape index (κ3) is 2.97. The normalized spacial score (nSPS) is 34.2. The fourth-order valence-electron chi connectivity index (χ4n) is 4.22. The second kappa shape index (κ2) is 6.63. The molecule has 1 aromatic rings. The molecule has 4 rings (SSSR count). The molecule has 1 aliphatic carbocycles. The first-order valence-corrected chi connectivity index (χ1v) is 9.61. The lowest BCUT2D eigenvalue weighted by atomic mass is 9.71. The summed E-state index contributed by atoms with van der Waals surface area (Å²) < 4.78 is 0. The van der Waals surface area contributed by atoms with Crippen LogP contribution in [0.15, 0.2) is 41.8 Å². The Kier molecular flexibility index (Phi) is 4.35. The molecule has 5 heteroatoms. The van der Waals surface area contributed by atoms with Gasteiger partial charge in [-0.2, -0.15) is 0 Å². The lowest BCUT2D eigenvalue weighted by Gasteiger charge is -2.44. The third-order valence-corrected chi connectivity index (χ3v) is 6.78. The van der Waals surface area contributed by atoms with E-state index in [2.05, 4.69) is 16.0 Å². The van der Waals surface area contributed by atoms with Gasteiger partial charge in [0.2, 0.25) is 11.8 Å². The van der Waals surface area contributed by atoms with E-state index in [1.165, 1.54) is 0 Å². The Labute approximate surface area is 146 Å². The first-order valence-electron chi connectivity index (χ1n) is 8.66. The SMILES string of the molecule is O=C(NCc1ccccc1)C1CCC2C(C1)NC(=O)C1C=CSC12. The molecule has 4 nitrogen and oxygen atoms in total. The molecule has 1 saturated heterocycles. The van der Waals surface area contributed by atoms with Crippen LogP contribution in [-0.4, -0.2) is 23.1 Å². The van der Waals surface area contributed by atoms with Crippen LogP contribution in [0, 0.1) is 17.8 Å². The molecule has 3 aliphatic rings. The quantitative estimate of drug-likeness (QED) is 0.887. The molecule has 0 bridgehead atoms. The lowest BCUT2D eigenvalue weighted by molar-refractivity contribution is -0.131. The minimum absolute atomic E-state index is 0.00572. The van der Waals surface area contributed by atoms with Crippen LogP contribution >= 0.6 is 11.8 Å². The maximum Gasteiger partial charge on any atom is 0.228 e. The van der Waals surface area contributed by atoms with E-state index in [4.69, 9.17) is 0 Å². The zero-order valence-corrected chi connectivity index (χ0v) is 14.3. The molecule has 2 N–H and O–H groups in total. The van der Waals surface area contributed by atoms with Crippen molar-refractivity contribution in [3.8, 4) is 0 Å². The number of hydrogen-bond acceptors (Lipinski definition) is 3. The summed E-state index contributed by atoms with van der Waals surface area (Å²) in [6.07, 6.45) is 4.73. The molecule has 24 heavy (non-hydrogen) atoms. The molecule has 2 amide bonds. The summed E-state index contributed by atoms with van der Waals surface area (Å²) in [5.74, 6) is 0.774. The summed E-state index contributed by atoms with van der Waals surface area (Å²) in [6.45, 7) is 0.571. The van der Waals surface area contributed by atoms with Crippen LogP contribution in [0.5, 0.6) is 0 Å². The van der Waals surface area contributed by atoms with Gasteiger partial charge in [0.05, 0.1) is 5.92 Å². The molecule has 0 spiro atoms. The van der Waals surface area contributed by atoms with Gasteiger partial charge < -0.3 is 10.6 Å². The van der Waals surface area contributed by atoms with Gasteiger partial charge in [-0.25, -0.2) is 0 Å². The van der Waals surface area contributed by atoms with E-state index >= 15 is 0 Å². The van der Waals surface area contributed by atoms with Crippen molar-refractivity contribution in [2.24, 2.45) is 17.8 Å². The van der Waals surface area contributed by atoms with E-state index in [0.717, 1.165) is 24.8 Å². The standard InChI is InChI=1S/C19H22N2O2S/c22-18(20-11-12-4-2-1-3-5-12)13-6-7-14-16(10-13)21-19(23)15-8-9-24-17(14)15/h1-5,8-9,13-17H,6-7,10-11H2,(H,20,22)(H,21,23). The van der Waals surface area contributed by atoms with Crippen molar-refractivity contribution >= 4 is 23.6 Å². The Morgan fingerprint density at radius 2 is 2.08 bits per heavy atom. The van der Waals surface area contributed by atoms with Crippen LogP contribution in [0.25, 0.3) is 0 Å². The van der Waals surface area contributed by atoms with E-state index in [9.17, 15) is 9.59 Å². The highest BCUT2D eigenvalue weighted by atomic mass is 32.2. The molecule has 2 fully saturated rings. The molecule has 5 atom stereocenters. The number of thioether (sulfide) groups is 1. The second-order valence-corrected chi connectivity index (χ2v) is 8.04. The van der Waals surface area contributed by atoms with Crippen molar-refractivity contribution in [2.75, 3.05) is 0 Å². The van der Waals surface area contributed by atoms with Crippen molar-refractivity contribution < 1.29 is 9.59 Å². The molecule has 5 unspecified atom stereocenters. The molecule has 0 aromatic heterocycles. The first-order chi connectivity index (χ1) is 11.7. The van der Waals surface area contributed by atoms with Crippen LogP contribution in [0.3, 0.4) is 0 Å². The molecular weight excluding hydrogens is 320 g/mol. The summed E-state index contributed by atoms with van der Waals surface area (Å²) in [5.41, 5.74) is 1.11. The summed E-state index contributed by atoms with van der Waals surface area (Å²) in [7, 11) is 0. The zero-order valence-electron chi connectivity index (χ0n) is 13.5. The van der Waals surface area contributed by atoms with Gasteiger partial charge >= 0.3 is 0 Å². The fourth-order valence-corrected chi connectivity index (χ4v) is 5.57. The minimum atomic E-state index is 0.00572. The van der Waals surface area contributed by atoms with Gasteiger partial charge in [-0.05, 0) is 36.2 Å². The number of carbonyl (C=O) groups is 2. The largest absolute Gasteiger partial charge is 0.352 e. The number of hydrogen-bond donors (Lipinski definition) is 2. The van der Waals surface area contributed by atoms with Gasteiger partial charge in [-0.15, -0.1) is 11.8 Å². The Hall–Kier alpha value is -1.75. The predicted molar refractivity (Wildman–Crippen MR) is 95.1 cm³/mol. The van der Waals surface area contributed by atoms with Crippen LogP contribution in [0.2, 0.25) is 0 Å². The number of rotatable bonds is 3. The van der Waals surface area contributed by atoms with Gasteiger partial charge in [-0.1, -0.05) is 36.4 Å². The summed E-state index contributed by atoms with van der Waals surface area (Å²) in [6, 6.07) is 10.1. The van der Waals surface area contributed by atoms with E-state index in [-0.39, 0.29) is 29.7 Å². The Balaban J connectivity index is 1.36. The van der Waals surface area contributed by atoms with Gasteiger partial charge in [0.1, 0.15) is 0 Å². The Morgan fingerprint density at radius 1 is 1.25 bits per heavy atom. The molecule has 1 saturated carbocycles. The number of amides is 2. The first kappa shape index (κ1) is 15.8. The van der Waals surface area contributed by atoms with E-state index in [1.807, 2.05) is 36.4 Å². The smallest absolute Gasteiger partial charge is 0.228 e. The summed E-state index contributed by atoms with van der Waals surface area (Å²) in [4.78, 5) is 24.8. The van der Waals surface area contributed by atoms with Crippen molar-refractivity contribution in [3.63, 3.8) is 0 Å². The van der Waals surface area contributed by atoms with Gasteiger partial charge in [-0.3, -0.25) is 9.59 Å². The van der Waals surface area contributed by atoms with Crippen molar-refractivity contribution in [2.45, 2.75) is 37.1 Å². The highest BCUT2D eigenvalue weighted by molar-refractivity contribution is 8.03. The molecular formula is C19H22N2O2S. The Morgan fingerprint density at radius 3 is 2.92 bits per heavy atom. The number of nitrogens with one attached hydrogen (secondary N) is 2. The van der Waals surface area contributed by atoms with Crippen LogP contribution in [0.1, 0.15) is 24.8 Å². The lowest BCUT2D eigenvalue weighted by Crippen LogP contribution is -2.57. The molecule has 1 aromatic carbocycles. The number of benzene rings is 1. The van der Waals surface area contributed by atoms with E-state index in [1.54, 1.807) is 11.8 Å². The number of carbonyl (C=O) groups excluding carboxylic acids is 2. The van der Waals surface area contributed by atoms with Crippen molar-refractivity contribution in [1.29, 1.82) is 0 Å². The predicted octanol–water partition coefficient (Wildman–Crippen LogP) is 2.46. The zero-order chi connectivity index (χ0) is 16.5. The average molecular weight is 342 g/mol. The van der Waals surface area contributed by atoms with E-state index < -0.39 is 0 Å². The minimum Gasteiger partial charge on any atom is -0.352 e. The van der Waals surface area contributed by atoms with Crippen molar-refractivity contribution in [3.05, 3.63) is 47.4 Å². The number of piperidine rings is 1. The maximum absolute atomic E-state index is 12.5. The van der Waals surface area contributed by atoms with Crippen LogP contribution in [-0.2, 0) is 16.1 Å². The van der Waals surface area contributed by atoms with E-state index in [0.29, 0.717) is 17.7 Å². The average Bonchev–Trinajstić information content (AvgIpc) is 3.11. The number of fused-ring (bicyclic) bond motifs is 3. The van der Waals surface area contributed by atoms with Gasteiger partial charge in [0.15, 0.2) is 0 Å².